The molecular formula is C20H22N4O3S2. The van der Waals surface area contributed by atoms with Gasteiger partial charge in [0.1, 0.15) is 22.0 Å². The number of carbonyl (C=O) groups is 1. The average molecular weight is 431 g/mol. The van der Waals surface area contributed by atoms with Crippen molar-refractivity contribution in [2.75, 3.05) is 6.54 Å². The lowest BCUT2D eigenvalue weighted by Gasteiger charge is -2.33. The Morgan fingerprint density at radius 1 is 1.10 bits per heavy atom. The molecule has 1 aliphatic heterocycles. The predicted molar refractivity (Wildman–Crippen MR) is 112 cm³/mol. The second-order valence-electron chi connectivity index (χ2n) is 7.51. The zero-order chi connectivity index (χ0) is 20.6. The number of hydrogen-bond acceptors (Lipinski definition) is 6. The van der Waals surface area contributed by atoms with Crippen LogP contribution in [0.25, 0.3) is 11.0 Å². The molecule has 2 aromatic carbocycles. The number of carbonyl (C=O) groups excluding carboxylic acids is 1. The highest BCUT2D eigenvalue weighted by Gasteiger charge is 2.33. The van der Waals surface area contributed by atoms with Crippen LogP contribution in [0.2, 0.25) is 0 Å². The van der Waals surface area contributed by atoms with Gasteiger partial charge < -0.3 is 4.90 Å². The average Bonchev–Trinajstić information content (AvgIpc) is 3.19. The van der Waals surface area contributed by atoms with Gasteiger partial charge in [0.15, 0.2) is 0 Å². The number of hydrogen-bond donors (Lipinski definition) is 1. The summed E-state index contributed by atoms with van der Waals surface area (Å²) in [6.07, 6.45) is 0.767. The van der Waals surface area contributed by atoms with E-state index in [2.05, 4.69) is 19.5 Å². The number of rotatable bonds is 5. The van der Waals surface area contributed by atoms with Crippen LogP contribution >= 0.6 is 11.7 Å². The van der Waals surface area contributed by atoms with Crippen molar-refractivity contribution in [1.82, 2.24) is 18.4 Å². The number of nitrogens with one attached hydrogen (secondary N) is 1. The van der Waals surface area contributed by atoms with E-state index in [0.29, 0.717) is 24.1 Å². The van der Waals surface area contributed by atoms with Crippen LogP contribution in [-0.2, 0) is 27.8 Å². The first-order valence-corrected chi connectivity index (χ1v) is 11.7. The van der Waals surface area contributed by atoms with Crippen LogP contribution < -0.4 is 4.72 Å². The van der Waals surface area contributed by atoms with E-state index in [1.807, 2.05) is 32.0 Å². The fourth-order valence-electron chi connectivity index (χ4n) is 3.58. The smallest absolute Gasteiger partial charge is 0.243 e. The number of sulfonamides is 1. The molecule has 9 heteroatoms. The third-order valence-electron chi connectivity index (χ3n) is 5.20. The Labute approximate surface area is 174 Å². The molecule has 0 aliphatic carbocycles. The van der Waals surface area contributed by atoms with E-state index in [4.69, 9.17) is 0 Å². The fourth-order valence-corrected chi connectivity index (χ4v) is 5.69. The molecule has 2 heterocycles. The van der Waals surface area contributed by atoms with Crippen LogP contribution in [0.15, 0.2) is 47.4 Å². The van der Waals surface area contributed by atoms with E-state index in [-0.39, 0.29) is 16.7 Å². The molecule has 4 rings (SSSR count). The van der Waals surface area contributed by atoms with Crippen molar-refractivity contribution < 1.29 is 13.2 Å². The van der Waals surface area contributed by atoms with Gasteiger partial charge in [-0.2, -0.15) is 13.5 Å². The number of amides is 1. The second kappa shape index (κ2) is 7.81. The standard InChI is InChI=1S/C20H22N4O3S2/c1-13(2)18(20(25)24-11-10-14-6-3-4-7-15(14)12-24)23-29(26,27)17-9-5-8-16-19(17)22-28-21-16/h3-9,13,18,23H,10-12H2,1-2H3/t18-/m1/s1. The second-order valence-corrected chi connectivity index (χ2v) is 9.72. The van der Waals surface area contributed by atoms with Crippen molar-refractivity contribution in [2.45, 2.75) is 37.8 Å². The SMILES string of the molecule is CC(C)[C@@H](NS(=O)(=O)c1cccc2nsnc12)C(=O)N1CCc2ccccc2C1. The summed E-state index contributed by atoms with van der Waals surface area (Å²) in [6, 6.07) is 12.0. The van der Waals surface area contributed by atoms with Crippen LogP contribution in [0.4, 0.5) is 0 Å². The van der Waals surface area contributed by atoms with Crippen molar-refractivity contribution >= 4 is 38.7 Å². The Morgan fingerprint density at radius 2 is 1.86 bits per heavy atom. The zero-order valence-corrected chi connectivity index (χ0v) is 17.8. The molecule has 1 atom stereocenters. The highest BCUT2D eigenvalue weighted by Crippen LogP contribution is 2.24. The highest BCUT2D eigenvalue weighted by atomic mass is 32.2. The van der Waals surface area contributed by atoms with Gasteiger partial charge in [-0.3, -0.25) is 4.79 Å². The lowest BCUT2D eigenvalue weighted by Crippen LogP contribution is -2.52. The summed E-state index contributed by atoms with van der Waals surface area (Å²) >= 11 is 0.963. The molecule has 0 saturated heterocycles. The van der Waals surface area contributed by atoms with Crippen molar-refractivity contribution in [3.05, 3.63) is 53.6 Å². The Hall–Kier alpha value is -2.36. The lowest BCUT2D eigenvalue weighted by molar-refractivity contribution is -0.135. The van der Waals surface area contributed by atoms with Gasteiger partial charge in [0.2, 0.25) is 15.9 Å². The first-order valence-electron chi connectivity index (χ1n) is 9.46. The summed E-state index contributed by atoms with van der Waals surface area (Å²) in [7, 11) is -3.94. The first-order chi connectivity index (χ1) is 13.9. The Kier molecular flexibility index (Phi) is 5.37. The normalized spacial score (nSPS) is 15.5. The maximum atomic E-state index is 13.2. The molecule has 3 aromatic rings. The number of fused-ring (bicyclic) bond motifs is 2. The van der Waals surface area contributed by atoms with Crippen LogP contribution in [-0.4, -0.2) is 40.6 Å². The minimum Gasteiger partial charge on any atom is -0.337 e. The topological polar surface area (TPSA) is 92.3 Å². The summed E-state index contributed by atoms with van der Waals surface area (Å²) in [5.41, 5.74) is 3.20. The highest BCUT2D eigenvalue weighted by molar-refractivity contribution is 7.89. The van der Waals surface area contributed by atoms with Gasteiger partial charge in [0.05, 0.1) is 11.7 Å². The molecule has 0 saturated carbocycles. The molecule has 0 fully saturated rings. The van der Waals surface area contributed by atoms with Gasteiger partial charge in [-0.05, 0) is 35.6 Å². The van der Waals surface area contributed by atoms with Crippen molar-refractivity contribution in [3.8, 4) is 0 Å². The molecule has 29 heavy (non-hydrogen) atoms. The van der Waals surface area contributed by atoms with Crippen LogP contribution in [0.1, 0.15) is 25.0 Å². The van der Waals surface area contributed by atoms with E-state index >= 15 is 0 Å². The van der Waals surface area contributed by atoms with Gasteiger partial charge in [-0.25, -0.2) is 8.42 Å². The Balaban J connectivity index is 1.60. The lowest BCUT2D eigenvalue weighted by atomic mass is 9.97. The minimum atomic E-state index is -3.94. The molecule has 0 bridgehead atoms. The van der Waals surface area contributed by atoms with Gasteiger partial charge in [-0.1, -0.05) is 44.2 Å². The van der Waals surface area contributed by atoms with E-state index in [1.165, 1.54) is 11.6 Å². The Morgan fingerprint density at radius 3 is 2.62 bits per heavy atom. The van der Waals surface area contributed by atoms with E-state index in [0.717, 1.165) is 23.7 Å². The predicted octanol–water partition coefficient (Wildman–Crippen LogP) is 2.58. The molecule has 0 spiro atoms. The maximum Gasteiger partial charge on any atom is 0.243 e. The molecule has 1 N–H and O–H groups in total. The van der Waals surface area contributed by atoms with Gasteiger partial charge in [0, 0.05) is 13.1 Å². The molecule has 152 valence electrons. The van der Waals surface area contributed by atoms with Crippen molar-refractivity contribution in [3.63, 3.8) is 0 Å². The molecule has 1 amide bonds. The fraction of sp³-hybridized carbons (Fsp3) is 0.350. The van der Waals surface area contributed by atoms with Gasteiger partial charge in [0.25, 0.3) is 0 Å². The third kappa shape index (κ3) is 3.90. The van der Waals surface area contributed by atoms with Gasteiger partial charge >= 0.3 is 0 Å². The zero-order valence-electron chi connectivity index (χ0n) is 16.2. The minimum absolute atomic E-state index is 0.0474. The van der Waals surface area contributed by atoms with E-state index in [9.17, 15) is 13.2 Å². The Bertz CT molecular complexity index is 1160. The maximum absolute atomic E-state index is 13.2. The molecular weight excluding hydrogens is 408 g/mol. The molecule has 0 unspecified atom stereocenters. The summed E-state index contributed by atoms with van der Waals surface area (Å²) < 4.78 is 37.0. The molecule has 0 radical (unpaired) electrons. The van der Waals surface area contributed by atoms with Crippen molar-refractivity contribution in [1.29, 1.82) is 0 Å². The largest absolute Gasteiger partial charge is 0.337 e. The summed E-state index contributed by atoms with van der Waals surface area (Å²) in [6.45, 7) is 4.75. The van der Waals surface area contributed by atoms with E-state index in [1.54, 1.807) is 17.0 Å². The van der Waals surface area contributed by atoms with E-state index < -0.39 is 16.1 Å². The summed E-state index contributed by atoms with van der Waals surface area (Å²) in [4.78, 5) is 15.0. The molecule has 7 nitrogen and oxygen atoms in total. The quantitative estimate of drug-likeness (QED) is 0.672. The monoisotopic (exact) mass is 430 g/mol. The number of aromatic nitrogens is 2. The van der Waals surface area contributed by atoms with Crippen LogP contribution in [0.3, 0.4) is 0 Å². The number of nitrogens with zero attached hydrogens (tertiary/aromatic N) is 3. The third-order valence-corrected chi connectivity index (χ3v) is 7.21. The summed E-state index contributed by atoms with van der Waals surface area (Å²) in [5.74, 6) is -0.413. The van der Waals surface area contributed by atoms with Crippen LogP contribution in [0, 0.1) is 5.92 Å². The summed E-state index contributed by atoms with van der Waals surface area (Å²) in [5, 5.41) is 0. The van der Waals surface area contributed by atoms with Crippen molar-refractivity contribution in [2.24, 2.45) is 5.92 Å². The number of benzene rings is 2. The molecule has 1 aliphatic rings. The molecule has 1 aromatic heterocycles. The first kappa shape index (κ1) is 19.9. The van der Waals surface area contributed by atoms with Crippen LogP contribution in [0.5, 0.6) is 0 Å². The van der Waals surface area contributed by atoms with Gasteiger partial charge in [-0.15, -0.1) is 0 Å².